The molecule has 1 fully saturated rings. The molecule has 0 bridgehead atoms. The van der Waals surface area contributed by atoms with Crippen molar-refractivity contribution in [2.24, 2.45) is 0 Å². The third-order valence-electron chi connectivity index (χ3n) is 2.55. The number of rotatable bonds is 2. The quantitative estimate of drug-likeness (QED) is 0.846. The summed E-state index contributed by atoms with van der Waals surface area (Å²) in [6.45, 7) is 1.00. The average molecular weight is 257 g/mol. The van der Waals surface area contributed by atoms with Crippen molar-refractivity contribution in [3.05, 3.63) is 28.5 Å². The van der Waals surface area contributed by atoms with E-state index >= 15 is 0 Å². The molecular weight excluding hydrogens is 244 g/mol. The van der Waals surface area contributed by atoms with Gasteiger partial charge in [-0.15, -0.1) is 0 Å². The van der Waals surface area contributed by atoms with Crippen LogP contribution in [0.3, 0.4) is 0 Å². The summed E-state index contributed by atoms with van der Waals surface area (Å²) in [5, 5.41) is 13.3. The van der Waals surface area contributed by atoms with E-state index in [-0.39, 0.29) is 6.04 Å². The molecule has 2 atom stereocenters. The van der Waals surface area contributed by atoms with Crippen LogP contribution in [0.2, 0.25) is 0 Å². The molecule has 0 radical (unpaired) electrons. The largest absolute Gasteiger partial charge is 0.387 e. The molecule has 3 nitrogen and oxygen atoms in total. The molecule has 2 heterocycles. The molecule has 0 amide bonds. The van der Waals surface area contributed by atoms with E-state index in [0.29, 0.717) is 0 Å². The number of aromatic nitrogens is 1. The van der Waals surface area contributed by atoms with Crippen LogP contribution in [0.25, 0.3) is 0 Å². The average Bonchev–Trinajstić information content (AvgIpc) is 2.69. The van der Waals surface area contributed by atoms with Crippen LogP contribution in [0.4, 0.5) is 0 Å². The van der Waals surface area contributed by atoms with Crippen LogP contribution in [-0.2, 0) is 0 Å². The van der Waals surface area contributed by atoms with Gasteiger partial charge in [-0.2, -0.15) is 0 Å². The third kappa shape index (κ3) is 2.13. The van der Waals surface area contributed by atoms with Crippen LogP contribution in [0, 0.1) is 0 Å². The SMILES string of the molecule is OC(c1cncc(Br)c1)C1CCCN1. The lowest BCUT2D eigenvalue weighted by atomic mass is 10.0. The number of pyridine rings is 1. The molecule has 2 N–H and O–H groups in total. The van der Waals surface area contributed by atoms with E-state index in [9.17, 15) is 5.11 Å². The van der Waals surface area contributed by atoms with Crippen molar-refractivity contribution in [1.29, 1.82) is 0 Å². The normalized spacial score (nSPS) is 23.7. The Morgan fingerprint density at radius 3 is 3.07 bits per heavy atom. The zero-order valence-electron chi connectivity index (χ0n) is 7.78. The lowest BCUT2D eigenvalue weighted by Crippen LogP contribution is -2.28. The maximum atomic E-state index is 10.0. The van der Waals surface area contributed by atoms with Crippen molar-refractivity contribution in [3.8, 4) is 0 Å². The second kappa shape index (κ2) is 4.38. The smallest absolute Gasteiger partial charge is 0.0958 e. The molecular formula is C10H13BrN2O. The fourth-order valence-corrected chi connectivity index (χ4v) is 2.19. The summed E-state index contributed by atoms with van der Waals surface area (Å²) in [6, 6.07) is 2.10. The first-order valence-corrected chi connectivity index (χ1v) is 5.58. The number of aliphatic hydroxyl groups is 1. The van der Waals surface area contributed by atoms with Gasteiger partial charge in [0.2, 0.25) is 0 Å². The summed E-state index contributed by atoms with van der Waals surface area (Å²) in [4.78, 5) is 4.04. The van der Waals surface area contributed by atoms with Crippen LogP contribution >= 0.6 is 15.9 Å². The molecule has 0 aromatic carbocycles. The molecule has 76 valence electrons. The Morgan fingerprint density at radius 1 is 1.57 bits per heavy atom. The van der Waals surface area contributed by atoms with Crippen molar-refractivity contribution in [2.45, 2.75) is 25.0 Å². The van der Waals surface area contributed by atoms with Gasteiger partial charge in [-0.05, 0) is 41.4 Å². The predicted octanol–water partition coefficient (Wildman–Crippen LogP) is 1.63. The first kappa shape index (κ1) is 10.1. The molecule has 2 unspecified atom stereocenters. The van der Waals surface area contributed by atoms with Gasteiger partial charge < -0.3 is 10.4 Å². The van der Waals surface area contributed by atoms with Gasteiger partial charge in [0.15, 0.2) is 0 Å². The predicted molar refractivity (Wildman–Crippen MR) is 57.9 cm³/mol. The maximum Gasteiger partial charge on any atom is 0.0958 e. The highest BCUT2D eigenvalue weighted by atomic mass is 79.9. The Labute approximate surface area is 91.7 Å². The van der Waals surface area contributed by atoms with Gasteiger partial charge in [0.25, 0.3) is 0 Å². The van der Waals surface area contributed by atoms with Crippen molar-refractivity contribution >= 4 is 15.9 Å². The molecule has 1 aliphatic heterocycles. The second-order valence-electron chi connectivity index (χ2n) is 3.58. The molecule has 1 aromatic heterocycles. The standard InChI is InChI=1S/C10H13BrN2O/c11-8-4-7(5-12-6-8)10(14)9-2-1-3-13-9/h4-6,9-10,13-14H,1-3H2. The summed E-state index contributed by atoms with van der Waals surface area (Å²) in [5.74, 6) is 0. The van der Waals surface area contributed by atoms with Crippen LogP contribution in [0.15, 0.2) is 22.9 Å². The minimum atomic E-state index is -0.442. The molecule has 14 heavy (non-hydrogen) atoms. The lowest BCUT2D eigenvalue weighted by Gasteiger charge is -2.18. The third-order valence-corrected chi connectivity index (χ3v) is 2.98. The van der Waals surface area contributed by atoms with Crippen molar-refractivity contribution in [1.82, 2.24) is 10.3 Å². The van der Waals surface area contributed by atoms with Gasteiger partial charge >= 0.3 is 0 Å². The molecule has 0 aliphatic carbocycles. The number of halogens is 1. The minimum absolute atomic E-state index is 0.186. The van der Waals surface area contributed by atoms with Gasteiger partial charge in [0.1, 0.15) is 0 Å². The highest BCUT2D eigenvalue weighted by Gasteiger charge is 2.23. The second-order valence-corrected chi connectivity index (χ2v) is 4.50. The van der Waals surface area contributed by atoms with E-state index in [0.717, 1.165) is 29.4 Å². The highest BCUT2D eigenvalue weighted by molar-refractivity contribution is 9.10. The summed E-state index contributed by atoms with van der Waals surface area (Å²) in [7, 11) is 0. The van der Waals surface area contributed by atoms with Crippen molar-refractivity contribution in [3.63, 3.8) is 0 Å². The molecule has 0 spiro atoms. The van der Waals surface area contributed by atoms with Crippen LogP contribution in [-0.4, -0.2) is 22.7 Å². The summed E-state index contributed by atoms with van der Waals surface area (Å²) >= 11 is 3.34. The fourth-order valence-electron chi connectivity index (χ4n) is 1.80. The highest BCUT2D eigenvalue weighted by Crippen LogP contribution is 2.23. The Kier molecular flexibility index (Phi) is 3.15. The number of hydrogen-bond acceptors (Lipinski definition) is 3. The van der Waals surface area contributed by atoms with Gasteiger partial charge in [-0.3, -0.25) is 4.98 Å². The first-order valence-electron chi connectivity index (χ1n) is 4.79. The molecule has 0 saturated carbocycles. The van der Waals surface area contributed by atoms with E-state index in [1.54, 1.807) is 12.4 Å². The Hall–Kier alpha value is -0.450. The van der Waals surface area contributed by atoms with Gasteiger partial charge in [-0.1, -0.05) is 0 Å². The van der Waals surface area contributed by atoms with E-state index in [1.165, 1.54) is 0 Å². The van der Waals surface area contributed by atoms with Crippen LogP contribution in [0.5, 0.6) is 0 Å². The molecule has 1 saturated heterocycles. The van der Waals surface area contributed by atoms with Crippen molar-refractivity contribution < 1.29 is 5.11 Å². The lowest BCUT2D eigenvalue weighted by molar-refractivity contribution is 0.137. The van der Waals surface area contributed by atoms with E-state index in [4.69, 9.17) is 0 Å². The molecule has 2 rings (SSSR count). The van der Waals surface area contributed by atoms with Gasteiger partial charge in [-0.25, -0.2) is 0 Å². The summed E-state index contributed by atoms with van der Waals surface area (Å²) in [6.07, 6.45) is 5.17. The zero-order valence-corrected chi connectivity index (χ0v) is 9.37. The molecule has 4 heteroatoms. The number of hydrogen-bond donors (Lipinski definition) is 2. The first-order chi connectivity index (χ1) is 6.77. The van der Waals surface area contributed by atoms with E-state index in [2.05, 4.69) is 26.2 Å². The summed E-state index contributed by atoms with van der Waals surface area (Å²) < 4.78 is 0.909. The summed E-state index contributed by atoms with van der Waals surface area (Å²) in [5.41, 5.74) is 0.874. The Bertz CT molecular complexity index is 313. The Morgan fingerprint density at radius 2 is 2.43 bits per heavy atom. The van der Waals surface area contributed by atoms with Crippen molar-refractivity contribution in [2.75, 3.05) is 6.54 Å². The van der Waals surface area contributed by atoms with Gasteiger partial charge in [0.05, 0.1) is 6.10 Å². The number of aliphatic hydroxyl groups excluding tert-OH is 1. The molecule has 1 aromatic rings. The van der Waals surface area contributed by atoms with E-state index < -0.39 is 6.10 Å². The fraction of sp³-hybridized carbons (Fsp3) is 0.500. The van der Waals surface area contributed by atoms with Gasteiger partial charge in [0, 0.05) is 28.5 Å². The number of nitrogens with one attached hydrogen (secondary N) is 1. The zero-order chi connectivity index (χ0) is 9.97. The topological polar surface area (TPSA) is 45.2 Å². The molecule has 1 aliphatic rings. The van der Waals surface area contributed by atoms with Crippen LogP contribution in [0.1, 0.15) is 24.5 Å². The minimum Gasteiger partial charge on any atom is -0.387 e. The maximum absolute atomic E-state index is 10.0. The monoisotopic (exact) mass is 256 g/mol. The van der Waals surface area contributed by atoms with Crippen LogP contribution < -0.4 is 5.32 Å². The van der Waals surface area contributed by atoms with E-state index in [1.807, 2.05) is 6.07 Å². The number of nitrogens with zero attached hydrogens (tertiary/aromatic N) is 1. The Balaban J connectivity index is 2.13.